The quantitative estimate of drug-likeness (QED) is 0.922. The number of nitrogens with one attached hydrogen (secondary N) is 1. The van der Waals surface area contributed by atoms with Crippen LogP contribution in [0.4, 0.5) is 0 Å². The molecule has 0 spiro atoms. The van der Waals surface area contributed by atoms with Crippen LogP contribution >= 0.6 is 0 Å². The molecular formula is C18H27NO2. The number of rotatable bonds is 3. The maximum Gasteiger partial charge on any atom is 0.161 e. The van der Waals surface area contributed by atoms with Crippen molar-refractivity contribution in [2.45, 2.75) is 39.0 Å². The molecule has 2 aliphatic rings. The van der Waals surface area contributed by atoms with Crippen LogP contribution < -0.4 is 14.8 Å². The van der Waals surface area contributed by atoms with Gasteiger partial charge in [0.15, 0.2) is 11.5 Å². The summed E-state index contributed by atoms with van der Waals surface area (Å²) in [6.45, 7) is 7.20. The molecule has 116 valence electrons. The number of hydrogen-bond acceptors (Lipinski definition) is 3. The van der Waals surface area contributed by atoms with Crippen LogP contribution in [-0.2, 0) is 0 Å². The lowest BCUT2D eigenvalue weighted by atomic mass is 9.65. The maximum absolute atomic E-state index is 5.76. The molecule has 1 heterocycles. The van der Waals surface area contributed by atoms with Crippen molar-refractivity contribution >= 4 is 0 Å². The third kappa shape index (κ3) is 3.18. The molecule has 2 atom stereocenters. The third-order valence-electron chi connectivity index (χ3n) is 4.99. The van der Waals surface area contributed by atoms with Gasteiger partial charge in [0.25, 0.3) is 0 Å². The number of ether oxygens (including phenoxy) is 2. The van der Waals surface area contributed by atoms with E-state index in [1.54, 1.807) is 0 Å². The Kier molecular flexibility index (Phi) is 4.12. The molecule has 1 aliphatic carbocycles. The predicted molar refractivity (Wildman–Crippen MR) is 85.2 cm³/mol. The average Bonchev–Trinajstić information content (AvgIpc) is 2.48. The Bertz CT molecular complexity index is 498. The molecule has 3 nitrogen and oxygen atoms in total. The number of benzene rings is 1. The highest BCUT2D eigenvalue weighted by Gasteiger charge is 2.35. The van der Waals surface area contributed by atoms with Gasteiger partial charge in [0.2, 0.25) is 0 Å². The highest BCUT2D eigenvalue weighted by Crippen LogP contribution is 2.47. The fraction of sp³-hybridized carbons (Fsp3) is 0.667. The van der Waals surface area contributed by atoms with Crippen LogP contribution in [0.3, 0.4) is 0 Å². The summed E-state index contributed by atoms with van der Waals surface area (Å²) < 4.78 is 11.4. The maximum atomic E-state index is 5.76. The van der Waals surface area contributed by atoms with Gasteiger partial charge in [-0.2, -0.15) is 0 Å². The van der Waals surface area contributed by atoms with Crippen LogP contribution in [0.2, 0.25) is 0 Å². The fourth-order valence-electron chi connectivity index (χ4n) is 3.83. The first-order valence-corrected chi connectivity index (χ1v) is 8.13. The van der Waals surface area contributed by atoms with Crippen LogP contribution in [0.25, 0.3) is 0 Å². The first kappa shape index (κ1) is 14.7. The SMILES string of the molecule is CNCC1CCC(C)(C)CC1c1ccc2c(c1)OCCO2. The normalized spacial score (nSPS) is 27.4. The molecule has 1 aliphatic heterocycles. The van der Waals surface area contributed by atoms with Crippen LogP contribution in [0.15, 0.2) is 18.2 Å². The monoisotopic (exact) mass is 289 g/mol. The Morgan fingerprint density at radius 2 is 1.95 bits per heavy atom. The summed E-state index contributed by atoms with van der Waals surface area (Å²) in [7, 11) is 2.06. The molecule has 1 saturated carbocycles. The lowest BCUT2D eigenvalue weighted by molar-refractivity contribution is 0.158. The van der Waals surface area contributed by atoms with E-state index in [0.29, 0.717) is 30.5 Å². The largest absolute Gasteiger partial charge is 0.486 e. The Morgan fingerprint density at radius 3 is 2.71 bits per heavy atom. The minimum Gasteiger partial charge on any atom is -0.486 e. The molecular weight excluding hydrogens is 262 g/mol. The standard InChI is InChI=1S/C18H27NO2/c1-18(2)7-6-14(12-19-3)15(11-18)13-4-5-16-17(10-13)21-9-8-20-16/h4-5,10,14-15,19H,6-9,11-12H2,1-3H3. The Balaban J connectivity index is 1.87. The Morgan fingerprint density at radius 1 is 1.19 bits per heavy atom. The minimum absolute atomic E-state index is 0.433. The summed E-state index contributed by atoms with van der Waals surface area (Å²) in [5, 5.41) is 3.37. The zero-order valence-corrected chi connectivity index (χ0v) is 13.4. The van der Waals surface area contributed by atoms with Crippen LogP contribution in [0.1, 0.15) is 44.6 Å². The Labute approximate surface area is 128 Å². The van der Waals surface area contributed by atoms with Crippen molar-refractivity contribution in [2.75, 3.05) is 26.8 Å². The topological polar surface area (TPSA) is 30.5 Å². The molecule has 1 aromatic carbocycles. The molecule has 0 amide bonds. The molecule has 3 heteroatoms. The van der Waals surface area contributed by atoms with Crippen molar-refractivity contribution in [2.24, 2.45) is 11.3 Å². The average molecular weight is 289 g/mol. The summed E-state index contributed by atoms with van der Waals surface area (Å²) in [6.07, 6.45) is 3.87. The van der Waals surface area contributed by atoms with E-state index < -0.39 is 0 Å². The van der Waals surface area contributed by atoms with Crippen molar-refractivity contribution in [1.82, 2.24) is 5.32 Å². The van der Waals surface area contributed by atoms with E-state index in [-0.39, 0.29) is 0 Å². The van der Waals surface area contributed by atoms with Gasteiger partial charge < -0.3 is 14.8 Å². The van der Waals surface area contributed by atoms with Gasteiger partial charge in [-0.15, -0.1) is 0 Å². The molecule has 3 rings (SSSR count). The fourth-order valence-corrected chi connectivity index (χ4v) is 3.83. The lowest BCUT2D eigenvalue weighted by Crippen LogP contribution is -2.33. The minimum atomic E-state index is 0.433. The van der Waals surface area contributed by atoms with Gasteiger partial charge in [-0.25, -0.2) is 0 Å². The first-order valence-electron chi connectivity index (χ1n) is 8.13. The van der Waals surface area contributed by atoms with Crippen molar-refractivity contribution in [3.63, 3.8) is 0 Å². The molecule has 0 saturated heterocycles. The van der Waals surface area contributed by atoms with Gasteiger partial charge in [0.05, 0.1) is 0 Å². The molecule has 21 heavy (non-hydrogen) atoms. The summed E-state index contributed by atoms with van der Waals surface area (Å²) in [5.74, 6) is 3.14. The van der Waals surface area contributed by atoms with Crippen molar-refractivity contribution in [3.05, 3.63) is 23.8 Å². The van der Waals surface area contributed by atoms with Crippen LogP contribution in [0.5, 0.6) is 11.5 Å². The summed E-state index contributed by atoms with van der Waals surface area (Å²) in [5.41, 5.74) is 1.84. The summed E-state index contributed by atoms with van der Waals surface area (Å²) >= 11 is 0. The zero-order chi connectivity index (χ0) is 14.9. The van der Waals surface area contributed by atoms with Crippen molar-refractivity contribution in [3.8, 4) is 11.5 Å². The molecule has 1 N–H and O–H groups in total. The molecule has 0 aromatic heterocycles. The van der Waals surface area contributed by atoms with Gasteiger partial charge in [-0.05, 0) is 67.8 Å². The zero-order valence-electron chi connectivity index (χ0n) is 13.4. The molecule has 2 unspecified atom stereocenters. The van der Waals surface area contributed by atoms with Gasteiger partial charge in [0.1, 0.15) is 13.2 Å². The van der Waals surface area contributed by atoms with Gasteiger partial charge in [-0.3, -0.25) is 0 Å². The van der Waals surface area contributed by atoms with Crippen molar-refractivity contribution in [1.29, 1.82) is 0 Å². The highest BCUT2D eigenvalue weighted by atomic mass is 16.6. The lowest BCUT2D eigenvalue weighted by Gasteiger charge is -2.41. The van der Waals surface area contributed by atoms with Gasteiger partial charge in [-0.1, -0.05) is 19.9 Å². The highest BCUT2D eigenvalue weighted by molar-refractivity contribution is 5.45. The second-order valence-corrected chi connectivity index (χ2v) is 7.23. The molecule has 0 radical (unpaired) electrons. The van der Waals surface area contributed by atoms with Crippen LogP contribution in [0, 0.1) is 11.3 Å². The Hall–Kier alpha value is -1.22. The smallest absolute Gasteiger partial charge is 0.161 e. The first-order chi connectivity index (χ1) is 10.1. The van der Waals surface area contributed by atoms with E-state index in [2.05, 4.69) is 44.4 Å². The van der Waals surface area contributed by atoms with E-state index in [0.717, 1.165) is 18.0 Å². The van der Waals surface area contributed by atoms with E-state index in [1.807, 2.05) is 0 Å². The second kappa shape index (κ2) is 5.88. The third-order valence-corrected chi connectivity index (χ3v) is 4.99. The summed E-state index contributed by atoms with van der Waals surface area (Å²) in [6, 6.07) is 6.54. The van der Waals surface area contributed by atoms with E-state index in [4.69, 9.17) is 9.47 Å². The number of hydrogen-bond donors (Lipinski definition) is 1. The van der Waals surface area contributed by atoms with E-state index >= 15 is 0 Å². The van der Waals surface area contributed by atoms with Crippen LogP contribution in [-0.4, -0.2) is 26.8 Å². The van der Waals surface area contributed by atoms with Crippen molar-refractivity contribution < 1.29 is 9.47 Å². The number of fused-ring (bicyclic) bond motifs is 1. The predicted octanol–water partition coefficient (Wildman–Crippen LogP) is 3.59. The van der Waals surface area contributed by atoms with Gasteiger partial charge >= 0.3 is 0 Å². The van der Waals surface area contributed by atoms with E-state index in [1.165, 1.54) is 24.8 Å². The van der Waals surface area contributed by atoms with E-state index in [9.17, 15) is 0 Å². The van der Waals surface area contributed by atoms with Gasteiger partial charge in [0, 0.05) is 0 Å². The molecule has 0 bridgehead atoms. The summed E-state index contributed by atoms with van der Waals surface area (Å²) in [4.78, 5) is 0. The second-order valence-electron chi connectivity index (χ2n) is 7.23. The molecule has 1 aromatic rings. The molecule has 1 fully saturated rings.